The predicted octanol–water partition coefficient (Wildman–Crippen LogP) is -9.16. The highest BCUT2D eigenvalue weighted by Crippen LogP contribution is 2.29. The topological polar surface area (TPSA) is 749 Å². The van der Waals surface area contributed by atoms with Gasteiger partial charge in [-0.1, -0.05) is 89.0 Å². The number of aliphatic carboxylic acids is 5. The Morgan fingerprint density at radius 3 is 1.47 bits per heavy atom. The third-order valence-electron chi connectivity index (χ3n) is 21.4. The summed E-state index contributed by atoms with van der Waals surface area (Å²) in [5.41, 5.74) is 6.24. The van der Waals surface area contributed by atoms with Gasteiger partial charge in [0.15, 0.2) is 0 Å². The van der Waals surface area contributed by atoms with Gasteiger partial charge in [0.05, 0.1) is 65.1 Å². The van der Waals surface area contributed by atoms with Crippen molar-refractivity contribution in [2.45, 2.75) is 143 Å². The highest BCUT2D eigenvalue weighted by molar-refractivity contribution is 8.77. The molecular weight excluding hydrogens is 1940 g/mol. The van der Waals surface area contributed by atoms with E-state index in [2.05, 4.69) is 74.4 Å². The van der Waals surface area contributed by atoms with E-state index in [9.17, 15) is 113 Å². The van der Waals surface area contributed by atoms with E-state index in [-0.39, 0.29) is 128 Å². The van der Waals surface area contributed by atoms with Gasteiger partial charge >= 0.3 is 29.8 Å². The highest BCUT2D eigenvalue weighted by atomic mass is 33.1. The van der Waals surface area contributed by atoms with Gasteiger partial charge < -0.3 is 135 Å². The van der Waals surface area contributed by atoms with E-state index >= 15 is 28.8 Å². The van der Waals surface area contributed by atoms with E-state index in [0.717, 1.165) is 33.4 Å². The molecule has 16 amide bonds. The van der Waals surface area contributed by atoms with Gasteiger partial charge in [-0.2, -0.15) is 0 Å². The first kappa shape index (κ1) is 114. The second-order valence-electron chi connectivity index (χ2n) is 32.3. The third-order valence-corrected chi connectivity index (χ3v) is 28.7. The number of carboxylic acid groups (broad SMARTS) is 5. The van der Waals surface area contributed by atoms with E-state index in [1.807, 2.05) is 0 Å². The van der Waals surface area contributed by atoms with Gasteiger partial charge in [0.25, 0.3) is 0 Å². The first-order chi connectivity index (χ1) is 65.6. The number of aliphatic hydroxyl groups excluding tert-OH is 1. The molecule has 5 saturated heterocycles. The van der Waals surface area contributed by atoms with Gasteiger partial charge in [-0.3, -0.25) is 115 Å². The quantitative estimate of drug-likeness (QED) is 0.0196. The number of carboxylic acids is 5. The van der Waals surface area contributed by atoms with Crippen LogP contribution in [0.1, 0.15) is 57.1 Å². The van der Waals surface area contributed by atoms with Crippen LogP contribution in [0.25, 0.3) is 0 Å². The number of rotatable bonds is 30. The minimum Gasteiger partial charge on any atom is -0.508 e. The summed E-state index contributed by atoms with van der Waals surface area (Å²) in [4.78, 5) is 302. The number of aliphatic hydroxyl groups is 1. The van der Waals surface area contributed by atoms with Crippen LogP contribution in [-0.4, -0.2) is 433 Å². The summed E-state index contributed by atoms with van der Waals surface area (Å²) in [6.07, 6.45) is -5.36. The molecule has 5 aliphatic rings. The molecule has 2 aromatic carbocycles. The number of amides is 16. The second-order valence-corrected chi connectivity index (χ2v) is 39.9. The number of carbonyl (C=O) groups excluding carboxylic acids is 16. The number of phenolic OH excluding ortho intramolecular Hbond substituents is 2. The molecule has 2 aromatic rings. The number of phenols is 2. The Kier molecular flexibility index (Phi) is 48.3. The Labute approximate surface area is 813 Å². The van der Waals surface area contributed by atoms with Crippen molar-refractivity contribution in [3.05, 3.63) is 59.7 Å². The van der Waals surface area contributed by atoms with Crippen LogP contribution in [0, 0.1) is 0 Å². The number of nitrogens with two attached hydrogens (primary N) is 1. The molecule has 0 radical (unpaired) electrons. The minimum atomic E-state index is -2.01. The zero-order valence-electron chi connectivity index (χ0n) is 75.1. The number of hydrogen-bond acceptors (Lipinski definition) is 36. The lowest BCUT2D eigenvalue weighted by molar-refractivity contribution is -0.143. The largest absolute Gasteiger partial charge is 0.508 e. The Bertz CT molecular complexity index is 4590. The Hall–Kier alpha value is -11.3. The average Bonchev–Trinajstić information content (AvgIpc) is 1.67. The summed E-state index contributed by atoms with van der Waals surface area (Å²) in [6, 6.07) is -13.6. The highest BCUT2D eigenvalue weighted by Gasteiger charge is 2.43. The first-order valence-corrected chi connectivity index (χ1v) is 50.9. The van der Waals surface area contributed by atoms with Crippen LogP contribution in [0.4, 0.5) is 0 Å². The normalized spacial score (nSPS) is 24.8. The van der Waals surface area contributed by atoms with Crippen molar-refractivity contribution in [3.8, 4) is 11.5 Å². The van der Waals surface area contributed by atoms with Crippen molar-refractivity contribution in [3.63, 3.8) is 0 Å². The Balaban J connectivity index is 1.28. The van der Waals surface area contributed by atoms with E-state index in [4.69, 9.17) is 15.2 Å². The molecular formula is C81H116N20O31S6. The molecule has 4 bridgehead atoms. The predicted molar refractivity (Wildman–Crippen MR) is 498 cm³/mol. The van der Waals surface area contributed by atoms with E-state index in [1.165, 1.54) is 55.5 Å². The molecule has 51 nitrogen and oxygen atoms in total. The maximum absolute atomic E-state index is 15.5. The van der Waals surface area contributed by atoms with Gasteiger partial charge in [-0.05, 0) is 68.5 Å². The number of hydrogen-bond donors (Lipinski definition) is 23. The number of ether oxygens (including phenoxy) is 2. The summed E-state index contributed by atoms with van der Waals surface area (Å²) >= 11 is 0. The molecule has 7 rings (SSSR count). The fourth-order valence-electron chi connectivity index (χ4n) is 14.1. The molecule has 5 heterocycles. The fraction of sp³-hybridized carbons (Fsp3) is 0.593. The van der Waals surface area contributed by atoms with Gasteiger partial charge in [0.1, 0.15) is 96.6 Å². The first-order valence-electron chi connectivity index (χ1n) is 43.5. The lowest BCUT2D eigenvalue weighted by Gasteiger charge is -2.32. The third kappa shape index (κ3) is 40.7. The average molecular weight is 2060 g/mol. The molecule has 0 unspecified atom stereocenters. The summed E-state index contributed by atoms with van der Waals surface area (Å²) < 4.78 is 11.3. The van der Waals surface area contributed by atoms with Crippen molar-refractivity contribution in [1.82, 2.24) is 98.9 Å². The van der Waals surface area contributed by atoms with E-state index in [1.54, 1.807) is 19.6 Å². The number of fused-ring (bicyclic) bond motifs is 20. The number of benzene rings is 2. The smallest absolute Gasteiger partial charge is 0.326 e. The molecule has 0 aromatic heterocycles. The van der Waals surface area contributed by atoms with Crippen LogP contribution in [0.3, 0.4) is 0 Å². The molecule has 57 heteroatoms. The second kappa shape index (κ2) is 58.6. The number of primary amides is 1. The standard InChI is InChI=1S/C81H116N20O31S6/c1-43-69(117)92-58-42-138-137-39-55-74(122)88-49(13-14-64(109)110)70(118)89-50(28-45-5-9-47(103)10-6-45)71(119)93-57(41-136-133-37-53(86-61(106)31-84-79(127)68(44(2)102)96-77(58)125)72(120)91-52(81(129)130)29-46-7-11-48(104)12-8-46)76(124)95-56(75(123)90-51(30-60(82)105)80(128)101-16-3-4-59(101)78(126)85-43)40-135-134-38-54(73(121)94-55)87-63(108)36-132-27-26-131-25-15-83-62(107)32-97-17-19-98(33-65(111)112)21-23-100(35-67(115)116)24-22-99(20-18-97)34-66(113)114/h5-12,43-44,49-59,68,102-104H,3-4,13-42H2,1-2H3,(H2,82,105)(H,83,107)(H,84,127)(H,85,126)(H,86,106)(H,87,108)(H,88,122)(H,89,118)(H,90,123)(H,91,120)(H,92,117)(H,93,119)(H,94,121)(H,95,124)(H,96,125)(H,109,110)(H,111,112)(H,113,114)(H,115,116)(H,129,130)/t43-,44+,49-,50-,51-,52-,53-,54-,55-,56-,57-,58-,59-,68-/m0/s1. The summed E-state index contributed by atoms with van der Waals surface area (Å²) in [5, 5.41) is 115. The molecule has 0 aliphatic carbocycles. The van der Waals surface area contributed by atoms with Crippen molar-refractivity contribution in [2.75, 3.05) is 159 Å². The molecule has 14 atom stereocenters. The van der Waals surface area contributed by atoms with Gasteiger partial charge in [-0.15, -0.1) is 0 Å². The van der Waals surface area contributed by atoms with Gasteiger partial charge in [0, 0.05) is 119 Å². The molecule has 0 spiro atoms. The van der Waals surface area contributed by atoms with Gasteiger partial charge in [0.2, 0.25) is 94.5 Å². The molecule has 138 heavy (non-hydrogen) atoms. The van der Waals surface area contributed by atoms with Crippen molar-refractivity contribution in [1.29, 1.82) is 0 Å². The molecule has 5 aliphatic heterocycles. The maximum atomic E-state index is 15.5. The molecule has 762 valence electrons. The van der Waals surface area contributed by atoms with Crippen LogP contribution < -0.4 is 80.2 Å². The number of nitrogens with zero attached hydrogens (tertiary/aromatic N) is 5. The van der Waals surface area contributed by atoms with Gasteiger partial charge in [-0.25, -0.2) is 4.79 Å². The summed E-state index contributed by atoms with van der Waals surface area (Å²) in [6.45, 7) is -0.755. The zero-order valence-corrected chi connectivity index (χ0v) is 80.0. The summed E-state index contributed by atoms with van der Waals surface area (Å²) in [7, 11) is 4.18. The SMILES string of the molecule is C[C@@H]1NC(=O)[C@@H]2CCCN2C(=O)[C@H](CC(N)=O)NC(=O)[C@@H]2CSSC[C@H](NC(=O)COCCOCCNC(=O)CN3CCN(CC(=O)O)CCN(CC(=O)O)CCN(CC(=O)O)CC3)C(=O)N[C@H]3CSSC[C@H](NC1=O)C(=O)N[C@@H]([C@@H](C)O)C(=O)NCC(=O)N[C@H](C(=O)N[C@@H](Cc1ccc(O)cc1)C(=O)O)CSSC[C@H](NC(=O)[C@H](Cc1ccc(O)cc1)NC(=O)[C@H](CCC(=O)O)NC3=O)C(=O)N2. The summed E-state index contributed by atoms with van der Waals surface area (Å²) in [5.74, 6) is -28.9. The lowest BCUT2D eigenvalue weighted by Crippen LogP contribution is -2.62. The zero-order chi connectivity index (χ0) is 101. The minimum absolute atomic E-state index is 0.0715. The van der Waals surface area contributed by atoms with Crippen LogP contribution in [0.5, 0.6) is 11.5 Å². The van der Waals surface area contributed by atoms with E-state index in [0.29, 0.717) is 48.7 Å². The Morgan fingerprint density at radius 1 is 0.486 bits per heavy atom. The Morgan fingerprint density at radius 2 is 0.949 bits per heavy atom. The number of nitrogens with one attached hydrogen (secondary N) is 14. The van der Waals surface area contributed by atoms with Crippen molar-refractivity contribution in [2.24, 2.45) is 5.73 Å². The van der Waals surface area contributed by atoms with Crippen molar-refractivity contribution >= 4 is 189 Å². The molecule has 5 fully saturated rings. The fourth-order valence-corrected chi connectivity index (χ4v) is 21.1. The van der Waals surface area contributed by atoms with E-state index < -0.39 is 302 Å². The number of aromatic hydroxyl groups is 2. The monoisotopic (exact) mass is 2060 g/mol. The van der Waals surface area contributed by atoms with Crippen LogP contribution in [-0.2, 0) is 123 Å². The number of carbonyl (C=O) groups is 21. The van der Waals surface area contributed by atoms with Crippen LogP contribution >= 0.6 is 64.8 Å². The molecule has 0 saturated carbocycles. The maximum Gasteiger partial charge on any atom is 0.326 e. The van der Waals surface area contributed by atoms with Crippen molar-refractivity contribution < 1.29 is 151 Å². The van der Waals surface area contributed by atoms with Crippen LogP contribution in [0.2, 0.25) is 0 Å². The van der Waals surface area contributed by atoms with Crippen LogP contribution in [0.15, 0.2) is 48.5 Å². The lowest BCUT2D eigenvalue weighted by atomic mass is 10.0. The molecule has 24 N–H and O–H groups in total.